The fourth-order valence-corrected chi connectivity index (χ4v) is 1.16. The fraction of sp³-hybridized carbons (Fsp3) is 0.818. The van der Waals surface area contributed by atoms with E-state index in [1.165, 1.54) is 0 Å². The van der Waals surface area contributed by atoms with Gasteiger partial charge < -0.3 is 15.2 Å². The van der Waals surface area contributed by atoms with Crippen LogP contribution in [0.15, 0.2) is 0 Å². The Hall–Kier alpha value is -1.47. The molecule has 0 aromatic carbocycles. The smallest absolute Gasteiger partial charge is 0.408 e. The average molecular weight is 285 g/mol. The van der Waals surface area contributed by atoms with Gasteiger partial charge in [0.25, 0.3) is 0 Å². The monoisotopic (exact) mass is 285 g/mol. The van der Waals surface area contributed by atoms with Crippen molar-refractivity contribution in [1.82, 2.24) is 5.32 Å². The summed E-state index contributed by atoms with van der Waals surface area (Å²) in [6.07, 6.45) is -6.32. The summed E-state index contributed by atoms with van der Waals surface area (Å²) < 4.78 is 41.8. The molecule has 1 amide bonds. The number of ether oxygens (including phenoxy) is 1. The van der Waals surface area contributed by atoms with Gasteiger partial charge in [0.1, 0.15) is 11.6 Å². The number of hydrogen-bond acceptors (Lipinski definition) is 3. The summed E-state index contributed by atoms with van der Waals surface area (Å²) in [6.45, 7) is 5.52. The minimum atomic E-state index is -4.51. The molecule has 0 aliphatic carbocycles. The van der Waals surface area contributed by atoms with E-state index >= 15 is 0 Å². The first kappa shape index (κ1) is 17.5. The number of nitrogens with one attached hydrogen (secondary N) is 1. The lowest BCUT2D eigenvalue weighted by molar-refractivity contribution is -0.174. The number of alkyl carbamates (subject to hydrolysis) is 1. The molecule has 0 rings (SSSR count). The minimum absolute atomic E-state index is 0.752. The summed E-state index contributed by atoms with van der Waals surface area (Å²) >= 11 is 0. The molecule has 0 unspecified atom stereocenters. The highest BCUT2D eigenvalue weighted by Gasteiger charge is 2.39. The number of hydrogen-bond donors (Lipinski definition) is 2. The highest BCUT2D eigenvalue weighted by atomic mass is 19.4. The number of carboxylic acids is 1. The van der Waals surface area contributed by atoms with E-state index in [0.717, 1.165) is 6.92 Å². The molecular weight excluding hydrogens is 267 g/mol. The van der Waals surface area contributed by atoms with Crippen molar-refractivity contribution in [3.63, 3.8) is 0 Å². The number of carbonyl (C=O) groups excluding carboxylic acids is 1. The molecule has 0 aromatic heterocycles. The number of carbonyl (C=O) groups is 2. The van der Waals surface area contributed by atoms with Gasteiger partial charge in [0.05, 0.1) is 5.92 Å². The topological polar surface area (TPSA) is 75.6 Å². The van der Waals surface area contributed by atoms with E-state index in [-0.39, 0.29) is 0 Å². The number of amides is 1. The van der Waals surface area contributed by atoms with E-state index in [0.29, 0.717) is 0 Å². The minimum Gasteiger partial charge on any atom is -0.480 e. The summed E-state index contributed by atoms with van der Waals surface area (Å²) in [5.41, 5.74) is -0.858. The maximum atomic E-state index is 12.3. The van der Waals surface area contributed by atoms with Crippen LogP contribution in [0.2, 0.25) is 0 Å². The van der Waals surface area contributed by atoms with Crippen LogP contribution in [0.1, 0.15) is 34.1 Å². The van der Waals surface area contributed by atoms with Crippen LogP contribution in [-0.4, -0.2) is 35.0 Å². The number of rotatable bonds is 4. The lowest BCUT2D eigenvalue weighted by Gasteiger charge is -2.24. The molecule has 0 heterocycles. The molecule has 8 heteroatoms. The average Bonchev–Trinajstić information content (AvgIpc) is 2.11. The highest BCUT2D eigenvalue weighted by molar-refractivity contribution is 5.80. The number of aliphatic carboxylic acids is 1. The van der Waals surface area contributed by atoms with Crippen molar-refractivity contribution >= 4 is 12.1 Å². The number of halogens is 3. The molecule has 2 N–H and O–H groups in total. The van der Waals surface area contributed by atoms with Gasteiger partial charge >= 0.3 is 18.2 Å². The molecule has 0 bridgehead atoms. The van der Waals surface area contributed by atoms with Gasteiger partial charge in [0.15, 0.2) is 0 Å². The fourth-order valence-electron chi connectivity index (χ4n) is 1.16. The summed E-state index contributed by atoms with van der Waals surface area (Å²) in [5.74, 6) is -3.38. The second-order valence-corrected chi connectivity index (χ2v) is 5.22. The number of carboxylic acid groups (broad SMARTS) is 1. The first-order valence-corrected chi connectivity index (χ1v) is 5.62. The standard InChI is InChI=1S/C11H18F3NO4/c1-6(11(12,13)14)5-7(8(16)17)15-9(18)19-10(2,3)4/h6-7H,5H2,1-4H3,(H,15,18)(H,16,17)/t6-,7-/m0/s1. The van der Waals surface area contributed by atoms with Gasteiger partial charge in [0, 0.05) is 0 Å². The van der Waals surface area contributed by atoms with E-state index in [1.807, 2.05) is 5.32 Å². The second kappa shape index (κ2) is 6.12. The molecule has 19 heavy (non-hydrogen) atoms. The summed E-state index contributed by atoms with van der Waals surface area (Å²) in [4.78, 5) is 22.2. The first-order chi connectivity index (χ1) is 8.33. The molecule has 0 spiro atoms. The van der Waals surface area contributed by atoms with Crippen LogP contribution in [0.25, 0.3) is 0 Å². The van der Waals surface area contributed by atoms with Crippen molar-refractivity contribution in [2.45, 2.75) is 51.9 Å². The normalized spacial score (nSPS) is 15.5. The Kier molecular flexibility index (Phi) is 5.64. The summed E-state index contributed by atoms with van der Waals surface area (Å²) in [6, 6.07) is -1.65. The zero-order valence-corrected chi connectivity index (χ0v) is 11.2. The van der Waals surface area contributed by atoms with Crippen molar-refractivity contribution in [2.75, 3.05) is 0 Å². The zero-order chi connectivity index (χ0) is 15.4. The van der Waals surface area contributed by atoms with Gasteiger partial charge in [-0.25, -0.2) is 9.59 Å². The Labute approximate surface area is 109 Å². The van der Waals surface area contributed by atoms with Crippen LogP contribution in [0, 0.1) is 5.92 Å². The van der Waals surface area contributed by atoms with Crippen LogP contribution in [-0.2, 0) is 9.53 Å². The van der Waals surface area contributed by atoms with E-state index in [4.69, 9.17) is 9.84 Å². The van der Waals surface area contributed by atoms with Crippen molar-refractivity contribution in [3.05, 3.63) is 0 Å². The van der Waals surface area contributed by atoms with Crippen molar-refractivity contribution in [3.8, 4) is 0 Å². The van der Waals surface area contributed by atoms with E-state index in [1.54, 1.807) is 20.8 Å². The Morgan fingerprint density at radius 2 is 1.74 bits per heavy atom. The molecule has 2 atom stereocenters. The molecule has 0 aromatic rings. The Bertz CT molecular complexity index is 336. The highest BCUT2D eigenvalue weighted by Crippen LogP contribution is 2.29. The summed E-state index contributed by atoms with van der Waals surface area (Å²) in [7, 11) is 0. The largest absolute Gasteiger partial charge is 0.480 e. The molecule has 0 saturated carbocycles. The first-order valence-electron chi connectivity index (χ1n) is 5.62. The number of alkyl halides is 3. The molecule has 5 nitrogen and oxygen atoms in total. The zero-order valence-electron chi connectivity index (χ0n) is 11.2. The van der Waals surface area contributed by atoms with Crippen LogP contribution in [0.5, 0.6) is 0 Å². The van der Waals surface area contributed by atoms with Gasteiger partial charge in [-0.05, 0) is 27.2 Å². The molecule has 0 aliphatic rings. The second-order valence-electron chi connectivity index (χ2n) is 5.22. The molecule has 0 saturated heterocycles. The van der Waals surface area contributed by atoms with Crippen LogP contribution < -0.4 is 5.32 Å². The third kappa shape index (κ3) is 7.53. The molecular formula is C11H18F3NO4. The Morgan fingerprint density at radius 1 is 1.26 bits per heavy atom. The lowest BCUT2D eigenvalue weighted by atomic mass is 10.0. The maximum Gasteiger partial charge on any atom is 0.408 e. The van der Waals surface area contributed by atoms with Gasteiger partial charge in [-0.3, -0.25) is 0 Å². The predicted octanol–water partition coefficient (Wildman–Crippen LogP) is 2.55. The third-order valence-electron chi connectivity index (χ3n) is 2.14. The van der Waals surface area contributed by atoms with Gasteiger partial charge in [-0.15, -0.1) is 0 Å². The van der Waals surface area contributed by atoms with Crippen molar-refractivity contribution < 1.29 is 32.6 Å². The van der Waals surface area contributed by atoms with E-state index in [2.05, 4.69) is 0 Å². The molecule has 0 radical (unpaired) electrons. The SMILES string of the molecule is C[C@@H](C[C@H](NC(=O)OC(C)(C)C)C(=O)O)C(F)(F)F. The van der Waals surface area contributed by atoms with Crippen molar-refractivity contribution in [2.24, 2.45) is 5.92 Å². The van der Waals surface area contributed by atoms with Crippen LogP contribution in [0.3, 0.4) is 0 Å². The maximum absolute atomic E-state index is 12.3. The van der Waals surface area contributed by atoms with Gasteiger partial charge in [-0.1, -0.05) is 6.92 Å². The van der Waals surface area contributed by atoms with Crippen LogP contribution in [0.4, 0.5) is 18.0 Å². The van der Waals surface area contributed by atoms with Gasteiger partial charge in [-0.2, -0.15) is 13.2 Å². The molecule has 0 fully saturated rings. The Balaban J connectivity index is 4.60. The van der Waals surface area contributed by atoms with Gasteiger partial charge in [0.2, 0.25) is 0 Å². The summed E-state index contributed by atoms with van der Waals surface area (Å²) in [5, 5.41) is 10.7. The van der Waals surface area contributed by atoms with Crippen molar-refractivity contribution in [1.29, 1.82) is 0 Å². The lowest BCUT2D eigenvalue weighted by Crippen LogP contribution is -2.45. The predicted molar refractivity (Wildman–Crippen MR) is 60.6 cm³/mol. The quantitative estimate of drug-likeness (QED) is 0.832. The Morgan fingerprint density at radius 3 is 2.05 bits per heavy atom. The molecule has 112 valence electrons. The van der Waals surface area contributed by atoms with E-state index < -0.39 is 42.2 Å². The van der Waals surface area contributed by atoms with Crippen LogP contribution >= 0.6 is 0 Å². The molecule has 0 aliphatic heterocycles. The van der Waals surface area contributed by atoms with E-state index in [9.17, 15) is 22.8 Å². The third-order valence-corrected chi connectivity index (χ3v) is 2.14.